The summed E-state index contributed by atoms with van der Waals surface area (Å²) in [5, 5.41) is 15.7. The lowest BCUT2D eigenvalue weighted by Crippen LogP contribution is -2.07. The van der Waals surface area contributed by atoms with Crippen molar-refractivity contribution >= 4 is 114 Å². The zero-order valence-corrected chi connectivity index (χ0v) is 30.5. The highest BCUT2D eigenvalue weighted by atomic mass is 15.2. The smallest absolute Gasteiger partial charge is 0.237 e. The van der Waals surface area contributed by atoms with Crippen LogP contribution < -0.4 is 0 Å². The third kappa shape index (κ3) is 3.64. The second kappa shape index (κ2) is 10.5. The molecule has 5 nitrogen and oxygen atoms in total. The van der Waals surface area contributed by atoms with Crippen molar-refractivity contribution in [1.82, 2.24) is 23.5 Å². The zero-order valence-electron chi connectivity index (χ0n) is 30.5. The van der Waals surface area contributed by atoms with Crippen LogP contribution in [-0.4, -0.2) is 23.5 Å². The summed E-state index contributed by atoms with van der Waals surface area (Å²) in [6, 6.07) is 63.8. The summed E-state index contributed by atoms with van der Waals surface area (Å²) in [6.45, 7) is 0. The van der Waals surface area contributed by atoms with Gasteiger partial charge in [-0.05, 0) is 58.6 Å². The first-order chi connectivity index (χ1) is 28.3. The second-order valence-electron chi connectivity index (χ2n) is 15.3. The summed E-state index contributed by atoms with van der Waals surface area (Å²) in [5.41, 5.74) is 9.04. The minimum Gasteiger partial charge on any atom is -0.307 e. The molecular formula is C52H29N5. The Morgan fingerprint density at radius 1 is 0.316 bits per heavy atom. The summed E-state index contributed by atoms with van der Waals surface area (Å²) >= 11 is 0. The molecule has 57 heavy (non-hydrogen) atoms. The van der Waals surface area contributed by atoms with Gasteiger partial charge < -0.3 is 4.40 Å². The topological polar surface area (TPSA) is 40.0 Å². The minimum absolute atomic E-state index is 0.647. The predicted octanol–water partition coefficient (Wildman–Crippen LogP) is 13.3. The molecule has 0 amide bonds. The van der Waals surface area contributed by atoms with Gasteiger partial charge in [0.15, 0.2) is 5.82 Å². The molecule has 0 aliphatic heterocycles. The molecule has 0 unspecified atom stereocenters. The molecule has 0 aliphatic carbocycles. The maximum atomic E-state index is 5.70. The van der Waals surface area contributed by atoms with Crippen LogP contribution in [0.15, 0.2) is 176 Å². The normalized spacial score (nSPS) is 12.6. The summed E-state index contributed by atoms with van der Waals surface area (Å²) in [7, 11) is 0. The quantitative estimate of drug-likeness (QED) is 0.178. The minimum atomic E-state index is 0.647. The fraction of sp³-hybridized carbons (Fsp3) is 0. The van der Waals surface area contributed by atoms with Gasteiger partial charge in [0.25, 0.3) is 0 Å². The van der Waals surface area contributed by atoms with Gasteiger partial charge in [-0.2, -0.15) is 4.98 Å². The summed E-state index contributed by atoms with van der Waals surface area (Å²) in [6.07, 6.45) is 0. The van der Waals surface area contributed by atoms with E-state index in [0.29, 0.717) is 5.95 Å². The lowest BCUT2D eigenvalue weighted by molar-refractivity contribution is 0.974. The monoisotopic (exact) mass is 723 g/mol. The predicted molar refractivity (Wildman–Crippen MR) is 238 cm³/mol. The highest BCUT2D eigenvalue weighted by molar-refractivity contribution is 6.36. The molecule has 14 aromatic rings. The zero-order chi connectivity index (χ0) is 36.9. The van der Waals surface area contributed by atoms with Crippen LogP contribution in [0.5, 0.6) is 0 Å². The number of hydrogen-bond donors (Lipinski definition) is 0. The maximum Gasteiger partial charge on any atom is 0.237 e. The highest BCUT2D eigenvalue weighted by Crippen LogP contribution is 2.48. The lowest BCUT2D eigenvalue weighted by atomic mass is 10.0. The van der Waals surface area contributed by atoms with Crippen molar-refractivity contribution in [1.29, 1.82) is 0 Å². The number of rotatable bonds is 2. The van der Waals surface area contributed by atoms with Crippen LogP contribution >= 0.6 is 0 Å². The molecule has 0 radical (unpaired) electrons. The maximum absolute atomic E-state index is 5.70. The van der Waals surface area contributed by atoms with Gasteiger partial charge >= 0.3 is 0 Å². The highest BCUT2D eigenvalue weighted by Gasteiger charge is 2.27. The average molecular weight is 724 g/mol. The molecule has 5 heteroatoms. The molecule has 0 aliphatic rings. The number of fused-ring (bicyclic) bond motifs is 18. The third-order valence-corrected chi connectivity index (χ3v) is 12.5. The van der Waals surface area contributed by atoms with Gasteiger partial charge in [-0.25, -0.2) is 4.98 Å². The lowest BCUT2D eigenvalue weighted by Gasteiger charge is -2.14. The van der Waals surface area contributed by atoms with Crippen LogP contribution in [0.4, 0.5) is 0 Å². The van der Waals surface area contributed by atoms with Gasteiger partial charge in [0, 0.05) is 53.9 Å². The van der Waals surface area contributed by atoms with Gasteiger partial charge in [0.05, 0.1) is 44.1 Å². The van der Waals surface area contributed by atoms with Gasteiger partial charge in [0.2, 0.25) is 5.95 Å². The van der Waals surface area contributed by atoms with Crippen LogP contribution in [0, 0.1) is 0 Å². The van der Waals surface area contributed by atoms with E-state index >= 15 is 0 Å². The largest absolute Gasteiger partial charge is 0.307 e. The molecule has 0 saturated carbocycles. The van der Waals surface area contributed by atoms with E-state index in [4.69, 9.17) is 9.97 Å². The second-order valence-corrected chi connectivity index (χ2v) is 15.3. The van der Waals surface area contributed by atoms with Crippen molar-refractivity contribution in [3.05, 3.63) is 176 Å². The number of nitrogens with zero attached hydrogens (tertiary/aromatic N) is 5. The van der Waals surface area contributed by atoms with Crippen molar-refractivity contribution in [2.24, 2.45) is 0 Å². The van der Waals surface area contributed by atoms with E-state index in [1.165, 1.54) is 81.2 Å². The Morgan fingerprint density at radius 2 is 0.895 bits per heavy atom. The van der Waals surface area contributed by atoms with E-state index in [2.05, 4.69) is 189 Å². The molecule has 0 fully saturated rings. The van der Waals surface area contributed by atoms with Crippen molar-refractivity contribution < 1.29 is 0 Å². The fourth-order valence-corrected chi connectivity index (χ4v) is 10.2. The van der Waals surface area contributed by atoms with Gasteiger partial charge in [-0.15, -0.1) is 0 Å². The molecule has 0 atom stereocenters. The molecule has 5 heterocycles. The van der Waals surface area contributed by atoms with Gasteiger partial charge in [-0.3, -0.25) is 9.13 Å². The molecule has 262 valence electrons. The standard InChI is InChI=1S/C52H29N5/c1-3-15-32-30(13-1)26-28-45-46(32)37-20-8-12-24-44(37)55(45)52-53-41-21-9-5-19-36(41)51(54-52)57-43-23-11-7-18-35(43)40-29-39-34-17-6-10-22-42(34)56-48-33-16-4-2-14-31(33)25-27-38(48)47(49(39)56)50(40)57/h1-29H. The molecule has 9 aromatic carbocycles. The first-order valence-corrected chi connectivity index (χ1v) is 19.5. The first kappa shape index (κ1) is 29.6. The Morgan fingerprint density at radius 3 is 1.70 bits per heavy atom. The number of hydrogen-bond acceptors (Lipinski definition) is 2. The van der Waals surface area contributed by atoms with E-state index in [9.17, 15) is 0 Å². The fourth-order valence-electron chi connectivity index (χ4n) is 10.2. The molecule has 0 spiro atoms. The number of benzene rings is 9. The Labute approximate surface area is 324 Å². The van der Waals surface area contributed by atoms with Crippen molar-refractivity contribution in [3.63, 3.8) is 0 Å². The van der Waals surface area contributed by atoms with Crippen molar-refractivity contribution in [2.45, 2.75) is 0 Å². The molecule has 0 bridgehead atoms. The van der Waals surface area contributed by atoms with Gasteiger partial charge in [-0.1, -0.05) is 133 Å². The SMILES string of the molecule is c1ccc2c(c1)ccc1c2c2ccccc2n1-c1nc(-n2c3ccccc3c3cc4c5ccccc5n5c6c7ccccc7ccc6c(c32)c45)c2ccccc2n1. The van der Waals surface area contributed by atoms with Crippen LogP contribution in [0.2, 0.25) is 0 Å². The van der Waals surface area contributed by atoms with Crippen LogP contribution in [-0.2, 0) is 0 Å². The van der Waals surface area contributed by atoms with E-state index < -0.39 is 0 Å². The Balaban J connectivity index is 1.20. The van der Waals surface area contributed by atoms with E-state index in [1.807, 2.05) is 0 Å². The molecule has 0 saturated heterocycles. The molecule has 14 rings (SSSR count). The van der Waals surface area contributed by atoms with Crippen LogP contribution in [0.25, 0.3) is 126 Å². The Hall–Kier alpha value is -7.76. The van der Waals surface area contributed by atoms with Gasteiger partial charge in [0.1, 0.15) is 0 Å². The third-order valence-electron chi connectivity index (χ3n) is 12.5. The van der Waals surface area contributed by atoms with Crippen LogP contribution in [0.1, 0.15) is 0 Å². The average Bonchev–Trinajstić information content (AvgIpc) is 4.00. The van der Waals surface area contributed by atoms with Crippen molar-refractivity contribution in [3.8, 4) is 11.8 Å². The summed E-state index contributed by atoms with van der Waals surface area (Å²) in [5.74, 6) is 1.51. The van der Waals surface area contributed by atoms with E-state index in [0.717, 1.165) is 38.8 Å². The number of aromatic nitrogens is 5. The summed E-state index contributed by atoms with van der Waals surface area (Å²) in [4.78, 5) is 11.1. The van der Waals surface area contributed by atoms with Crippen molar-refractivity contribution in [2.75, 3.05) is 0 Å². The van der Waals surface area contributed by atoms with Crippen LogP contribution in [0.3, 0.4) is 0 Å². The molecular weight excluding hydrogens is 695 g/mol. The van der Waals surface area contributed by atoms with E-state index in [-0.39, 0.29) is 0 Å². The molecule has 0 N–H and O–H groups in total. The Bertz CT molecular complexity index is 4050. The number of para-hydroxylation sites is 4. The first-order valence-electron chi connectivity index (χ1n) is 19.5. The Kier molecular flexibility index (Phi) is 5.45. The molecule has 5 aromatic heterocycles. The summed E-state index contributed by atoms with van der Waals surface area (Å²) < 4.78 is 7.21. The van der Waals surface area contributed by atoms with E-state index in [1.54, 1.807) is 0 Å².